The van der Waals surface area contributed by atoms with Crippen LogP contribution in [0.5, 0.6) is 0 Å². The fourth-order valence-electron chi connectivity index (χ4n) is 8.98. The minimum absolute atomic E-state index is 1.23. The molecule has 0 nitrogen and oxygen atoms in total. The fraction of sp³-hybridized carbons (Fsp3) is 0. The predicted octanol–water partition coefficient (Wildman–Crippen LogP) is 16.0. The van der Waals surface area contributed by atoms with E-state index in [-0.39, 0.29) is 0 Å². The Morgan fingerprint density at radius 1 is 0.259 bits per heavy atom. The molecule has 0 saturated carbocycles. The number of rotatable bonds is 3. The van der Waals surface area contributed by atoms with Crippen LogP contribution >= 0.6 is 22.7 Å². The smallest absolute Gasteiger partial charge is 0.0434 e. The van der Waals surface area contributed by atoms with Crippen molar-refractivity contribution in [1.29, 1.82) is 0 Å². The quantitative estimate of drug-likeness (QED) is 0.160. The van der Waals surface area contributed by atoms with Gasteiger partial charge in [-0.25, -0.2) is 0 Å². The Bertz CT molecular complexity index is 3440. The molecule has 0 bridgehead atoms. The number of hydrogen-bond acceptors (Lipinski definition) is 2. The van der Waals surface area contributed by atoms with Gasteiger partial charge in [0.05, 0.1) is 0 Å². The van der Waals surface area contributed by atoms with Crippen molar-refractivity contribution in [2.45, 2.75) is 0 Å². The molecule has 0 aliphatic carbocycles. The van der Waals surface area contributed by atoms with Crippen LogP contribution in [0, 0.1) is 0 Å². The third kappa shape index (κ3) is 4.42. The maximum Gasteiger partial charge on any atom is 0.0434 e. The highest BCUT2D eigenvalue weighted by molar-refractivity contribution is 7.27. The Labute approximate surface area is 319 Å². The number of hydrogen-bond donors (Lipinski definition) is 0. The van der Waals surface area contributed by atoms with E-state index in [0.717, 1.165) is 0 Å². The van der Waals surface area contributed by atoms with Crippen LogP contribution in [0.25, 0.3) is 117 Å². The van der Waals surface area contributed by atoms with Crippen molar-refractivity contribution >= 4 is 106 Å². The van der Waals surface area contributed by atoms with E-state index in [0.29, 0.717) is 0 Å². The normalized spacial score (nSPS) is 12.1. The van der Waals surface area contributed by atoms with Crippen molar-refractivity contribution in [1.82, 2.24) is 0 Å². The minimum Gasteiger partial charge on any atom is -0.135 e. The van der Waals surface area contributed by atoms with Crippen molar-refractivity contribution in [3.63, 3.8) is 0 Å². The molecule has 0 N–H and O–H groups in total. The van der Waals surface area contributed by atoms with E-state index in [9.17, 15) is 0 Å². The third-order valence-electron chi connectivity index (χ3n) is 11.4. The highest BCUT2D eigenvalue weighted by atomic mass is 32.1. The zero-order chi connectivity index (χ0) is 35.3. The van der Waals surface area contributed by atoms with E-state index in [1.54, 1.807) is 0 Å². The summed E-state index contributed by atoms with van der Waals surface area (Å²) in [5.74, 6) is 0. The van der Waals surface area contributed by atoms with E-state index < -0.39 is 0 Å². The lowest BCUT2D eigenvalue weighted by atomic mass is 9.84. The van der Waals surface area contributed by atoms with Gasteiger partial charge in [0.25, 0.3) is 0 Å². The van der Waals surface area contributed by atoms with Crippen molar-refractivity contribution in [2.75, 3.05) is 0 Å². The Morgan fingerprint density at radius 2 is 0.870 bits per heavy atom. The van der Waals surface area contributed by atoms with E-state index >= 15 is 0 Å². The molecule has 0 radical (unpaired) electrons. The van der Waals surface area contributed by atoms with Crippen LogP contribution in [0.1, 0.15) is 0 Å². The van der Waals surface area contributed by atoms with Crippen LogP contribution in [0.15, 0.2) is 182 Å². The Hall–Kier alpha value is -6.32. The zero-order valence-corrected chi connectivity index (χ0v) is 30.8. The average Bonchev–Trinajstić information content (AvgIpc) is 3.79. The molecule has 0 saturated heterocycles. The summed E-state index contributed by atoms with van der Waals surface area (Å²) in [6.07, 6.45) is 0. The molecule has 2 heteroatoms. The summed E-state index contributed by atoms with van der Waals surface area (Å²) in [7, 11) is 0. The van der Waals surface area contributed by atoms with Crippen molar-refractivity contribution in [3.8, 4) is 33.4 Å². The SMILES string of the molecule is c1cc(-c2ccc3sc4cc5ccc6c7ccccc7sc6c5cc4c3c2)cc(-c2c3ccccc3c(-c3cccc4ccccc34)c3ccccc23)c1. The van der Waals surface area contributed by atoms with Crippen LogP contribution in [0.3, 0.4) is 0 Å². The summed E-state index contributed by atoms with van der Waals surface area (Å²) in [6, 6.07) is 67.9. The molecule has 250 valence electrons. The summed E-state index contributed by atoms with van der Waals surface area (Å²) < 4.78 is 5.40. The van der Waals surface area contributed by atoms with Gasteiger partial charge in [-0.15, -0.1) is 22.7 Å². The molecule has 10 aromatic carbocycles. The topological polar surface area (TPSA) is 0 Å². The molecular weight excluding hydrogens is 689 g/mol. The Kier molecular flexibility index (Phi) is 6.48. The van der Waals surface area contributed by atoms with Gasteiger partial charge in [0, 0.05) is 45.7 Å². The first kappa shape index (κ1) is 30.2. The third-order valence-corrected chi connectivity index (χ3v) is 13.8. The van der Waals surface area contributed by atoms with Crippen LogP contribution in [0.2, 0.25) is 0 Å². The molecule has 0 atom stereocenters. The van der Waals surface area contributed by atoms with Gasteiger partial charge in [-0.1, -0.05) is 146 Å². The first-order valence-electron chi connectivity index (χ1n) is 18.5. The van der Waals surface area contributed by atoms with Crippen molar-refractivity contribution < 1.29 is 0 Å². The molecule has 12 aromatic rings. The van der Waals surface area contributed by atoms with Crippen LogP contribution in [-0.4, -0.2) is 0 Å². The minimum atomic E-state index is 1.23. The molecule has 2 aromatic heterocycles. The summed E-state index contributed by atoms with van der Waals surface area (Å²) in [5, 5.41) is 15.7. The van der Waals surface area contributed by atoms with Gasteiger partial charge in [0.1, 0.15) is 0 Å². The van der Waals surface area contributed by atoms with E-state index in [2.05, 4.69) is 182 Å². The Balaban J connectivity index is 1.05. The second-order valence-electron chi connectivity index (χ2n) is 14.4. The van der Waals surface area contributed by atoms with Gasteiger partial charge in [-0.2, -0.15) is 0 Å². The van der Waals surface area contributed by atoms with Gasteiger partial charge in [0.15, 0.2) is 0 Å². The molecule has 0 aliphatic rings. The first-order chi connectivity index (χ1) is 26.8. The predicted molar refractivity (Wildman–Crippen MR) is 239 cm³/mol. The largest absolute Gasteiger partial charge is 0.135 e. The molecule has 0 unspecified atom stereocenters. The number of fused-ring (bicyclic) bond motifs is 11. The summed E-state index contributed by atoms with van der Waals surface area (Å²) in [6.45, 7) is 0. The van der Waals surface area contributed by atoms with Crippen LogP contribution in [-0.2, 0) is 0 Å². The summed E-state index contributed by atoms with van der Waals surface area (Å²) in [4.78, 5) is 0. The second-order valence-corrected chi connectivity index (χ2v) is 16.5. The maximum absolute atomic E-state index is 2.46. The average molecular weight is 719 g/mol. The van der Waals surface area contributed by atoms with Crippen LogP contribution < -0.4 is 0 Å². The highest BCUT2D eigenvalue weighted by Crippen LogP contribution is 2.47. The molecule has 2 heterocycles. The van der Waals surface area contributed by atoms with Crippen molar-refractivity contribution in [3.05, 3.63) is 182 Å². The molecule has 0 aliphatic heterocycles. The summed E-state index contributed by atoms with van der Waals surface area (Å²) in [5.41, 5.74) is 7.56. The lowest BCUT2D eigenvalue weighted by Crippen LogP contribution is -1.92. The highest BCUT2D eigenvalue weighted by Gasteiger charge is 2.19. The van der Waals surface area contributed by atoms with E-state index in [1.807, 2.05) is 22.7 Å². The van der Waals surface area contributed by atoms with Gasteiger partial charge in [0.2, 0.25) is 0 Å². The maximum atomic E-state index is 2.46. The second kappa shape index (κ2) is 11.6. The first-order valence-corrected chi connectivity index (χ1v) is 20.1. The van der Waals surface area contributed by atoms with E-state index in [1.165, 1.54) is 117 Å². The Morgan fingerprint density at radius 3 is 1.69 bits per heavy atom. The zero-order valence-electron chi connectivity index (χ0n) is 29.1. The standard InChI is InChI=1S/C52H30S2/c1-2-15-36-31(11-1)12-10-21-38(36)51-41-19-5-3-17-39(41)50(40-18-4-6-20-42(40)51)35-14-9-13-32(27-35)33-24-26-48-45(28-33)46-30-44-34(29-49(46)53-48)23-25-43-37-16-7-8-22-47(37)54-52(43)44/h1-30H. The lowest BCUT2D eigenvalue weighted by molar-refractivity contribution is 1.63. The lowest BCUT2D eigenvalue weighted by Gasteiger charge is -2.19. The molecular formula is C52H30S2. The number of benzene rings is 10. The fourth-order valence-corrected chi connectivity index (χ4v) is 11.3. The molecule has 0 fully saturated rings. The monoisotopic (exact) mass is 718 g/mol. The van der Waals surface area contributed by atoms with Gasteiger partial charge in [-0.05, 0) is 107 Å². The van der Waals surface area contributed by atoms with E-state index in [4.69, 9.17) is 0 Å². The summed E-state index contributed by atoms with van der Waals surface area (Å²) >= 11 is 3.81. The van der Waals surface area contributed by atoms with Crippen molar-refractivity contribution in [2.24, 2.45) is 0 Å². The number of thiophene rings is 2. The molecule has 0 spiro atoms. The van der Waals surface area contributed by atoms with Gasteiger partial charge < -0.3 is 0 Å². The molecule has 0 amide bonds. The van der Waals surface area contributed by atoms with Gasteiger partial charge in [-0.3, -0.25) is 0 Å². The molecule has 12 rings (SSSR count). The van der Waals surface area contributed by atoms with Gasteiger partial charge >= 0.3 is 0 Å². The molecule has 54 heavy (non-hydrogen) atoms. The van der Waals surface area contributed by atoms with Crippen LogP contribution in [0.4, 0.5) is 0 Å².